The summed E-state index contributed by atoms with van der Waals surface area (Å²) in [5.41, 5.74) is 2.11. The summed E-state index contributed by atoms with van der Waals surface area (Å²) >= 11 is 6.06. The Balaban J connectivity index is 2.55. The second-order valence-corrected chi connectivity index (χ2v) is 3.94. The lowest BCUT2D eigenvalue weighted by Crippen LogP contribution is -2.01. The maximum absolute atomic E-state index is 6.06. The van der Waals surface area contributed by atoms with Gasteiger partial charge >= 0.3 is 0 Å². The van der Waals surface area contributed by atoms with E-state index in [-0.39, 0.29) is 0 Å². The first kappa shape index (κ1) is 12.3. The van der Waals surface area contributed by atoms with Gasteiger partial charge in [-0.25, -0.2) is 0 Å². The van der Waals surface area contributed by atoms with E-state index in [0.717, 1.165) is 34.9 Å². The van der Waals surface area contributed by atoms with Crippen molar-refractivity contribution in [2.24, 2.45) is 0 Å². The third-order valence-corrected chi connectivity index (χ3v) is 2.77. The van der Waals surface area contributed by atoms with Crippen LogP contribution in [0.3, 0.4) is 0 Å². The monoisotopic (exact) mass is 228 g/mol. The van der Waals surface area contributed by atoms with Crippen LogP contribution in [0.25, 0.3) is 0 Å². The van der Waals surface area contributed by atoms with Crippen molar-refractivity contribution in [3.63, 3.8) is 0 Å². The van der Waals surface area contributed by atoms with E-state index in [0.29, 0.717) is 6.61 Å². The van der Waals surface area contributed by atoms with E-state index in [1.54, 1.807) is 7.11 Å². The van der Waals surface area contributed by atoms with Crippen molar-refractivity contribution in [3.05, 3.63) is 28.3 Å². The summed E-state index contributed by atoms with van der Waals surface area (Å²) in [5, 5.41) is 0.819. The highest BCUT2D eigenvalue weighted by molar-refractivity contribution is 6.32. The number of halogens is 1. The van der Waals surface area contributed by atoms with E-state index >= 15 is 0 Å². The van der Waals surface area contributed by atoms with E-state index in [1.807, 2.05) is 26.0 Å². The number of methoxy groups -OCH3 is 1. The van der Waals surface area contributed by atoms with Crippen LogP contribution < -0.4 is 4.74 Å². The molecule has 0 aliphatic heterocycles. The molecule has 0 heterocycles. The molecule has 0 aliphatic rings. The Morgan fingerprint density at radius 2 is 1.73 bits per heavy atom. The molecule has 0 amide bonds. The van der Waals surface area contributed by atoms with Crippen molar-refractivity contribution < 1.29 is 9.47 Å². The van der Waals surface area contributed by atoms with Crippen molar-refractivity contribution in [3.8, 4) is 5.75 Å². The molecule has 0 radical (unpaired) electrons. The fraction of sp³-hybridized carbons (Fsp3) is 0.500. The Morgan fingerprint density at radius 1 is 1.13 bits per heavy atom. The van der Waals surface area contributed by atoms with Gasteiger partial charge in [-0.3, -0.25) is 0 Å². The quantitative estimate of drug-likeness (QED) is 0.720. The molecule has 0 spiro atoms. The molecule has 0 aromatic heterocycles. The molecule has 0 N–H and O–H groups in total. The second kappa shape index (κ2) is 5.99. The van der Waals surface area contributed by atoms with Crippen LogP contribution in [0.15, 0.2) is 12.1 Å². The van der Waals surface area contributed by atoms with E-state index in [4.69, 9.17) is 21.1 Å². The molecule has 0 saturated carbocycles. The zero-order valence-electron chi connectivity index (χ0n) is 9.47. The van der Waals surface area contributed by atoms with Gasteiger partial charge in [-0.05, 0) is 37.1 Å². The lowest BCUT2D eigenvalue weighted by atomic mass is 10.1. The molecule has 1 rings (SSSR count). The molecule has 0 atom stereocenters. The minimum Gasteiger partial charge on any atom is -0.493 e. The molecule has 0 saturated heterocycles. The summed E-state index contributed by atoms with van der Waals surface area (Å²) in [6.07, 6.45) is 0.900. The number of rotatable bonds is 5. The Bertz CT molecular complexity index is 300. The van der Waals surface area contributed by atoms with Crippen molar-refractivity contribution in [2.75, 3.05) is 20.3 Å². The van der Waals surface area contributed by atoms with Gasteiger partial charge in [-0.1, -0.05) is 11.6 Å². The third kappa shape index (κ3) is 3.73. The molecular formula is C12H17ClO2. The van der Waals surface area contributed by atoms with Crippen molar-refractivity contribution in [2.45, 2.75) is 20.3 Å². The van der Waals surface area contributed by atoms with Crippen LogP contribution in [-0.4, -0.2) is 20.3 Å². The molecule has 84 valence electrons. The predicted octanol–water partition coefficient (Wildman–Crippen LogP) is 3.37. The molecule has 1 aromatic rings. The molecule has 2 nitrogen and oxygen atoms in total. The minimum absolute atomic E-state index is 0.675. The highest BCUT2D eigenvalue weighted by Crippen LogP contribution is 2.25. The number of hydrogen-bond donors (Lipinski definition) is 0. The summed E-state index contributed by atoms with van der Waals surface area (Å²) in [7, 11) is 1.69. The maximum Gasteiger partial charge on any atom is 0.119 e. The zero-order valence-corrected chi connectivity index (χ0v) is 10.2. The van der Waals surface area contributed by atoms with Crippen LogP contribution in [0.1, 0.15) is 17.5 Å². The lowest BCUT2D eigenvalue weighted by Gasteiger charge is -2.09. The molecule has 0 bridgehead atoms. The van der Waals surface area contributed by atoms with Crippen molar-refractivity contribution in [1.82, 2.24) is 0 Å². The van der Waals surface area contributed by atoms with Gasteiger partial charge in [0.1, 0.15) is 5.75 Å². The average Bonchev–Trinajstić information content (AvgIpc) is 2.21. The fourth-order valence-electron chi connectivity index (χ4n) is 1.38. The summed E-state index contributed by atoms with van der Waals surface area (Å²) < 4.78 is 10.5. The van der Waals surface area contributed by atoms with Crippen LogP contribution in [0.5, 0.6) is 5.75 Å². The Labute approximate surface area is 96.2 Å². The van der Waals surface area contributed by atoms with Crippen LogP contribution in [0.2, 0.25) is 5.02 Å². The first-order valence-corrected chi connectivity index (χ1v) is 5.41. The Kier molecular flexibility index (Phi) is 4.92. The standard InChI is InChI=1S/C12H17ClO2/c1-9-7-11(8-10(2)12(9)13)15-6-4-5-14-3/h7-8H,4-6H2,1-3H3. The molecule has 15 heavy (non-hydrogen) atoms. The first-order chi connectivity index (χ1) is 7.15. The van der Waals surface area contributed by atoms with Gasteiger partial charge < -0.3 is 9.47 Å². The second-order valence-electron chi connectivity index (χ2n) is 3.57. The van der Waals surface area contributed by atoms with Gasteiger partial charge in [0.2, 0.25) is 0 Å². The van der Waals surface area contributed by atoms with E-state index in [9.17, 15) is 0 Å². The number of benzene rings is 1. The average molecular weight is 229 g/mol. The number of ether oxygens (including phenoxy) is 2. The number of hydrogen-bond acceptors (Lipinski definition) is 2. The maximum atomic E-state index is 6.06. The predicted molar refractivity (Wildman–Crippen MR) is 62.9 cm³/mol. The topological polar surface area (TPSA) is 18.5 Å². The largest absolute Gasteiger partial charge is 0.493 e. The summed E-state index contributed by atoms with van der Waals surface area (Å²) in [6, 6.07) is 3.92. The van der Waals surface area contributed by atoms with Crippen molar-refractivity contribution >= 4 is 11.6 Å². The third-order valence-electron chi connectivity index (χ3n) is 2.17. The van der Waals surface area contributed by atoms with E-state index in [1.165, 1.54) is 0 Å². The Morgan fingerprint density at radius 3 is 2.27 bits per heavy atom. The highest BCUT2D eigenvalue weighted by Gasteiger charge is 2.03. The molecule has 3 heteroatoms. The Hall–Kier alpha value is -0.730. The fourth-order valence-corrected chi connectivity index (χ4v) is 1.49. The summed E-state index contributed by atoms with van der Waals surface area (Å²) in [4.78, 5) is 0. The van der Waals surface area contributed by atoms with Crippen LogP contribution in [-0.2, 0) is 4.74 Å². The molecule has 0 fully saturated rings. The van der Waals surface area contributed by atoms with Gasteiger partial charge in [0.25, 0.3) is 0 Å². The van der Waals surface area contributed by atoms with Gasteiger partial charge in [0.15, 0.2) is 0 Å². The van der Waals surface area contributed by atoms with Gasteiger partial charge in [-0.2, -0.15) is 0 Å². The molecular weight excluding hydrogens is 212 g/mol. The van der Waals surface area contributed by atoms with Crippen LogP contribution in [0, 0.1) is 13.8 Å². The lowest BCUT2D eigenvalue weighted by molar-refractivity contribution is 0.172. The number of aryl methyl sites for hydroxylation is 2. The molecule has 1 aromatic carbocycles. The molecule has 0 aliphatic carbocycles. The van der Waals surface area contributed by atoms with Crippen molar-refractivity contribution in [1.29, 1.82) is 0 Å². The SMILES string of the molecule is COCCCOc1cc(C)c(Cl)c(C)c1. The van der Waals surface area contributed by atoms with Gasteiger partial charge in [-0.15, -0.1) is 0 Å². The van der Waals surface area contributed by atoms with Gasteiger partial charge in [0, 0.05) is 25.2 Å². The first-order valence-electron chi connectivity index (χ1n) is 5.03. The van der Waals surface area contributed by atoms with Gasteiger partial charge in [0.05, 0.1) is 6.61 Å². The zero-order chi connectivity index (χ0) is 11.3. The van der Waals surface area contributed by atoms with Crippen LogP contribution in [0.4, 0.5) is 0 Å². The normalized spacial score (nSPS) is 10.4. The molecule has 0 unspecified atom stereocenters. The van der Waals surface area contributed by atoms with E-state index in [2.05, 4.69) is 0 Å². The smallest absolute Gasteiger partial charge is 0.119 e. The van der Waals surface area contributed by atoms with Crippen LogP contribution >= 0.6 is 11.6 Å². The van der Waals surface area contributed by atoms with E-state index < -0.39 is 0 Å². The minimum atomic E-state index is 0.675. The highest BCUT2D eigenvalue weighted by atomic mass is 35.5. The summed E-state index contributed by atoms with van der Waals surface area (Å²) in [5.74, 6) is 0.880. The summed E-state index contributed by atoms with van der Waals surface area (Å²) in [6.45, 7) is 5.37.